The highest BCUT2D eigenvalue weighted by Gasteiger charge is 2.09. The third-order valence-electron chi connectivity index (χ3n) is 4.13. The van der Waals surface area contributed by atoms with Gasteiger partial charge in [-0.25, -0.2) is 4.68 Å². The maximum Gasteiger partial charge on any atom is 0.266 e. The van der Waals surface area contributed by atoms with Crippen molar-refractivity contribution in [1.82, 2.24) is 23.8 Å². The first kappa shape index (κ1) is 18.3. The molecule has 4 rings (SSSR count). The number of nitrogens with one attached hydrogen (secondary N) is 1. The summed E-state index contributed by atoms with van der Waals surface area (Å²) in [5.74, 6) is -0.239. The fourth-order valence-corrected chi connectivity index (χ4v) is 3.33. The molecule has 0 fully saturated rings. The number of amides is 1. The van der Waals surface area contributed by atoms with Crippen molar-refractivity contribution in [2.24, 2.45) is 0 Å². The Bertz CT molecular complexity index is 1200. The van der Waals surface area contributed by atoms with Gasteiger partial charge >= 0.3 is 0 Å². The minimum absolute atomic E-state index is 0.234. The lowest BCUT2D eigenvalue weighted by Gasteiger charge is -2.09. The maximum absolute atomic E-state index is 12.3. The summed E-state index contributed by atoms with van der Waals surface area (Å²) in [6.07, 6.45) is 0. The Morgan fingerprint density at radius 2 is 1.82 bits per heavy atom. The SMILES string of the molecule is O=C(NCCn1nc(-c2ccc(Cl)cc2)ccc1=O)c1ccc2nsnc2c1. The fraction of sp³-hybridized carbons (Fsp3) is 0.105. The molecular formula is C19H14ClN5O2S. The molecule has 0 bridgehead atoms. The van der Waals surface area contributed by atoms with E-state index in [0.29, 0.717) is 21.8 Å². The van der Waals surface area contributed by atoms with E-state index in [1.165, 1.54) is 10.7 Å². The van der Waals surface area contributed by atoms with E-state index in [9.17, 15) is 9.59 Å². The van der Waals surface area contributed by atoms with Gasteiger partial charge in [0.1, 0.15) is 11.0 Å². The number of hydrogen-bond donors (Lipinski definition) is 1. The zero-order valence-corrected chi connectivity index (χ0v) is 16.1. The summed E-state index contributed by atoms with van der Waals surface area (Å²) in [6.45, 7) is 0.523. The quantitative estimate of drug-likeness (QED) is 0.545. The number of aromatic nitrogens is 4. The summed E-state index contributed by atoms with van der Waals surface area (Å²) in [4.78, 5) is 24.4. The summed E-state index contributed by atoms with van der Waals surface area (Å²) in [5.41, 5.74) is 3.22. The van der Waals surface area contributed by atoms with Gasteiger partial charge in [-0.15, -0.1) is 0 Å². The molecule has 0 aliphatic heterocycles. The molecule has 2 heterocycles. The second kappa shape index (κ2) is 7.87. The topological polar surface area (TPSA) is 89.8 Å². The number of halogens is 1. The van der Waals surface area contributed by atoms with E-state index < -0.39 is 0 Å². The summed E-state index contributed by atoms with van der Waals surface area (Å²) < 4.78 is 9.58. The van der Waals surface area contributed by atoms with Gasteiger partial charge in [-0.1, -0.05) is 23.7 Å². The van der Waals surface area contributed by atoms with Gasteiger partial charge < -0.3 is 5.32 Å². The molecule has 0 unspecified atom stereocenters. The molecule has 0 atom stereocenters. The van der Waals surface area contributed by atoms with Gasteiger partial charge in [0.15, 0.2) is 0 Å². The summed E-state index contributed by atoms with van der Waals surface area (Å²) in [6, 6.07) is 15.5. The number of rotatable bonds is 5. The van der Waals surface area contributed by atoms with Gasteiger partial charge in [0.25, 0.3) is 11.5 Å². The molecule has 0 spiro atoms. The van der Waals surface area contributed by atoms with Gasteiger partial charge in [0, 0.05) is 28.8 Å². The molecule has 1 N–H and O–H groups in total. The van der Waals surface area contributed by atoms with Crippen LogP contribution in [0.5, 0.6) is 0 Å². The number of carbonyl (C=O) groups excluding carboxylic acids is 1. The highest BCUT2D eigenvalue weighted by molar-refractivity contribution is 7.00. The first-order valence-corrected chi connectivity index (χ1v) is 9.55. The van der Waals surface area contributed by atoms with Crippen molar-refractivity contribution >= 4 is 40.3 Å². The van der Waals surface area contributed by atoms with E-state index in [-0.39, 0.29) is 24.6 Å². The summed E-state index contributed by atoms with van der Waals surface area (Å²) in [7, 11) is 0. The Hall–Kier alpha value is -3.10. The minimum Gasteiger partial charge on any atom is -0.350 e. The second-order valence-corrected chi connectivity index (χ2v) is 6.98. The number of benzene rings is 2. The molecular weight excluding hydrogens is 398 g/mol. The van der Waals surface area contributed by atoms with Gasteiger partial charge in [-0.05, 0) is 36.4 Å². The molecule has 0 aliphatic carbocycles. The van der Waals surface area contributed by atoms with Crippen molar-refractivity contribution in [3.05, 3.63) is 75.5 Å². The van der Waals surface area contributed by atoms with E-state index >= 15 is 0 Å². The lowest BCUT2D eigenvalue weighted by Crippen LogP contribution is -2.31. The number of carbonyl (C=O) groups is 1. The Morgan fingerprint density at radius 1 is 1.04 bits per heavy atom. The first-order chi connectivity index (χ1) is 13.6. The van der Waals surface area contributed by atoms with Crippen molar-refractivity contribution in [2.75, 3.05) is 6.54 Å². The molecule has 2 aromatic carbocycles. The predicted molar refractivity (Wildman–Crippen MR) is 109 cm³/mol. The Kier molecular flexibility index (Phi) is 5.14. The Balaban J connectivity index is 1.44. The lowest BCUT2D eigenvalue weighted by atomic mass is 10.1. The first-order valence-electron chi connectivity index (χ1n) is 8.45. The number of nitrogens with zero attached hydrogens (tertiary/aromatic N) is 4. The fourth-order valence-electron chi connectivity index (χ4n) is 2.68. The third kappa shape index (κ3) is 3.92. The Morgan fingerprint density at radius 3 is 2.64 bits per heavy atom. The summed E-state index contributed by atoms with van der Waals surface area (Å²) in [5, 5.41) is 7.80. The minimum atomic E-state index is -0.239. The van der Waals surface area contributed by atoms with Crippen LogP contribution in [0.25, 0.3) is 22.3 Å². The van der Waals surface area contributed by atoms with Crippen LogP contribution in [-0.2, 0) is 6.54 Å². The van der Waals surface area contributed by atoms with Gasteiger partial charge in [-0.3, -0.25) is 9.59 Å². The smallest absolute Gasteiger partial charge is 0.266 e. The highest BCUT2D eigenvalue weighted by Crippen LogP contribution is 2.18. The number of hydrogen-bond acceptors (Lipinski definition) is 6. The van der Waals surface area contributed by atoms with Crippen LogP contribution in [0.3, 0.4) is 0 Å². The average molecular weight is 412 g/mol. The second-order valence-electron chi connectivity index (χ2n) is 6.01. The molecule has 1 amide bonds. The third-order valence-corrected chi connectivity index (χ3v) is 4.94. The zero-order chi connectivity index (χ0) is 19.5. The molecule has 0 saturated heterocycles. The van der Waals surface area contributed by atoms with E-state index in [1.807, 2.05) is 12.1 Å². The molecule has 7 nitrogen and oxygen atoms in total. The van der Waals surface area contributed by atoms with Crippen LogP contribution >= 0.6 is 23.3 Å². The van der Waals surface area contributed by atoms with Crippen LogP contribution in [0.15, 0.2) is 59.4 Å². The molecule has 0 aliphatic rings. The van der Waals surface area contributed by atoms with Crippen molar-refractivity contribution in [2.45, 2.75) is 6.54 Å². The number of fused-ring (bicyclic) bond motifs is 1. The standard InChI is InChI=1S/C19H14ClN5O2S/c20-14-4-1-12(2-5-14)15-7-8-18(26)25(22-15)10-9-21-19(27)13-3-6-16-17(11-13)24-28-23-16/h1-8,11H,9-10H2,(H,21,27). The molecule has 140 valence electrons. The van der Waals surface area contributed by atoms with Crippen LogP contribution in [0.4, 0.5) is 0 Å². The van der Waals surface area contributed by atoms with Crippen molar-refractivity contribution < 1.29 is 4.79 Å². The van der Waals surface area contributed by atoms with Gasteiger partial charge in [0.05, 0.1) is 24.0 Å². The van der Waals surface area contributed by atoms with Crippen molar-refractivity contribution in [3.63, 3.8) is 0 Å². The van der Waals surface area contributed by atoms with E-state index in [0.717, 1.165) is 22.8 Å². The van der Waals surface area contributed by atoms with E-state index in [2.05, 4.69) is 19.2 Å². The summed E-state index contributed by atoms with van der Waals surface area (Å²) >= 11 is 7.01. The van der Waals surface area contributed by atoms with Crippen LogP contribution in [-0.4, -0.2) is 31.0 Å². The Labute approximate surface area is 168 Å². The van der Waals surface area contributed by atoms with Crippen molar-refractivity contribution in [3.8, 4) is 11.3 Å². The molecule has 0 saturated carbocycles. The molecule has 2 aromatic heterocycles. The molecule has 0 radical (unpaired) electrons. The molecule has 9 heteroatoms. The van der Waals surface area contributed by atoms with Crippen molar-refractivity contribution in [1.29, 1.82) is 0 Å². The van der Waals surface area contributed by atoms with Crippen LogP contribution in [0.2, 0.25) is 5.02 Å². The molecule has 28 heavy (non-hydrogen) atoms. The van der Waals surface area contributed by atoms with Gasteiger partial charge in [-0.2, -0.15) is 13.8 Å². The predicted octanol–water partition coefficient (Wildman–Crippen LogP) is 3.00. The van der Waals surface area contributed by atoms with E-state index in [1.54, 1.807) is 36.4 Å². The van der Waals surface area contributed by atoms with Gasteiger partial charge in [0.2, 0.25) is 0 Å². The lowest BCUT2D eigenvalue weighted by molar-refractivity contribution is 0.0952. The van der Waals surface area contributed by atoms with Crippen LogP contribution in [0, 0.1) is 0 Å². The normalized spacial score (nSPS) is 10.9. The monoisotopic (exact) mass is 411 g/mol. The van der Waals surface area contributed by atoms with E-state index in [4.69, 9.17) is 11.6 Å². The average Bonchev–Trinajstić information content (AvgIpc) is 3.18. The largest absolute Gasteiger partial charge is 0.350 e. The maximum atomic E-state index is 12.3. The highest BCUT2D eigenvalue weighted by atomic mass is 35.5. The van der Waals surface area contributed by atoms with Crippen LogP contribution < -0.4 is 10.9 Å². The molecule has 4 aromatic rings. The zero-order valence-electron chi connectivity index (χ0n) is 14.5. The van der Waals surface area contributed by atoms with Crippen LogP contribution in [0.1, 0.15) is 10.4 Å².